The highest BCUT2D eigenvalue weighted by Crippen LogP contribution is 2.45. The Labute approximate surface area is 107 Å². The first kappa shape index (κ1) is 14.5. The van der Waals surface area contributed by atoms with Gasteiger partial charge in [0.05, 0.1) is 6.42 Å². The summed E-state index contributed by atoms with van der Waals surface area (Å²) >= 11 is 0. The van der Waals surface area contributed by atoms with Crippen molar-refractivity contribution in [2.24, 2.45) is 5.73 Å². The first-order valence-electron chi connectivity index (χ1n) is 4.75. The monoisotopic (exact) mass is 281 g/mol. The lowest BCUT2D eigenvalue weighted by atomic mass is 10.0. The normalized spacial score (nSPS) is 16.8. The maximum atomic E-state index is 12.8. The van der Waals surface area contributed by atoms with E-state index in [-0.39, 0.29) is 35.9 Å². The molecule has 0 aliphatic carbocycles. The molecule has 1 aromatic carbocycles. The SMILES string of the molecule is Cl.N[C@@H](CC(=O)O)c1cccc2c1OC(F)(F)O2. The van der Waals surface area contributed by atoms with Crippen molar-refractivity contribution < 1.29 is 28.2 Å². The van der Waals surface area contributed by atoms with Crippen molar-refractivity contribution in [3.05, 3.63) is 23.8 Å². The number of carboxylic acids is 1. The molecule has 0 radical (unpaired) electrons. The second-order valence-corrected chi connectivity index (χ2v) is 3.55. The zero-order valence-electron chi connectivity index (χ0n) is 8.93. The highest BCUT2D eigenvalue weighted by atomic mass is 35.5. The molecule has 1 aliphatic heterocycles. The molecular formula is C10H10ClF2NO4. The number of nitrogens with two attached hydrogens (primary N) is 1. The van der Waals surface area contributed by atoms with Gasteiger partial charge in [0.25, 0.3) is 0 Å². The van der Waals surface area contributed by atoms with Crippen molar-refractivity contribution in [3.8, 4) is 11.5 Å². The van der Waals surface area contributed by atoms with E-state index in [2.05, 4.69) is 9.47 Å². The van der Waals surface area contributed by atoms with E-state index in [0.717, 1.165) is 0 Å². The number of fused-ring (bicyclic) bond motifs is 1. The number of ether oxygens (including phenoxy) is 2. The lowest BCUT2D eigenvalue weighted by Gasteiger charge is -2.12. The summed E-state index contributed by atoms with van der Waals surface area (Å²) < 4.78 is 34.2. The molecule has 3 N–H and O–H groups in total. The Balaban J connectivity index is 0.00000162. The first-order chi connectivity index (χ1) is 7.89. The fourth-order valence-corrected chi connectivity index (χ4v) is 1.58. The van der Waals surface area contributed by atoms with Crippen molar-refractivity contribution in [1.29, 1.82) is 0 Å². The third kappa shape index (κ3) is 2.80. The molecule has 0 bridgehead atoms. The van der Waals surface area contributed by atoms with Crippen molar-refractivity contribution in [1.82, 2.24) is 0 Å². The van der Waals surface area contributed by atoms with Crippen molar-refractivity contribution >= 4 is 18.4 Å². The van der Waals surface area contributed by atoms with E-state index in [0.29, 0.717) is 0 Å². The van der Waals surface area contributed by atoms with Gasteiger partial charge in [-0.1, -0.05) is 12.1 Å². The minimum Gasteiger partial charge on any atom is -0.481 e. The number of hydrogen-bond donors (Lipinski definition) is 2. The van der Waals surface area contributed by atoms with Gasteiger partial charge in [-0.05, 0) is 6.07 Å². The molecule has 18 heavy (non-hydrogen) atoms. The molecule has 2 rings (SSSR count). The predicted molar refractivity (Wildman–Crippen MR) is 59.1 cm³/mol. The summed E-state index contributed by atoms with van der Waals surface area (Å²) in [5.41, 5.74) is 5.78. The molecule has 1 atom stereocenters. The van der Waals surface area contributed by atoms with E-state index >= 15 is 0 Å². The van der Waals surface area contributed by atoms with E-state index in [9.17, 15) is 13.6 Å². The van der Waals surface area contributed by atoms with E-state index in [4.69, 9.17) is 10.8 Å². The van der Waals surface area contributed by atoms with Crippen molar-refractivity contribution in [2.75, 3.05) is 0 Å². The molecule has 0 saturated carbocycles. The Bertz CT molecular complexity index is 469. The summed E-state index contributed by atoms with van der Waals surface area (Å²) in [5, 5.41) is 8.60. The van der Waals surface area contributed by atoms with Crippen LogP contribution in [0.25, 0.3) is 0 Å². The standard InChI is InChI=1S/C10H9F2NO4.ClH/c11-10(12)16-7-3-1-2-5(9(7)17-10)6(13)4-8(14)15;/h1-3,6H,4,13H2,(H,14,15);1H/t6-;/m0./s1. The molecule has 0 saturated heterocycles. The summed E-state index contributed by atoms with van der Waals surface area (Å²) in [7, 11) is 0. The van der Waals surface area contributed by atoms with Crippen molar-refractivity contribution in [3.63, 3.8) is 0 Å². The van der Waals surface area contributed by atoms with Crippen LogP contribution >= 0.6 is 12.4 Å². The molecule has 0 unspecified atom stereocenters. The van der Waals surface area contributed by atoms with Crippen LogP contribution in [0.2, 0.25) is 0 Å². The van der Waals surface area contributed by atoms with E-state index in [1.54, 1.807) is 0 Å². The van der Waals surface area contributed by atoms with Gasteiger partial charge in [-0.25, -0.2) is 0 Å². The average Bonchev–Trinajstić information content (AvgIpc) is 2.49. The van der Waals surface area contributed by atoms with E-state index < -0.39 is 18.3 Å². The summed E-state index contributed by atoms with van der Waals surface area (Å²) in [6, 6.07) is 3.24. The second kappa shape index (κ2) is 4.95. The molecule has 0 spiro atoms. The van der Waals surface area contributed by atoms with E-state index in [1.807, 2.05) is 0 Å². The van der Waals surface area contributed by atoms with Crippen LogP contribution < -0.4 is 15.2 Å². The highest BCUT2D eigenvalue weighted by Gasteiger charge is 2.44. The molecular weight excluding hydrogens is 272 g/mol. The number of benzene rings is 1. The smallest absolute Gasteiger partial charge is 0.481 e. The van der Waals surface area contributed by atoms with E-state index in [1.165, 1.54) is 18.2 Å². The second-order valence-electron chi connectivity index (χ2n) is 3.55. The molecule has 1 heterocycles. The Morgan fingerprint density at radius 3 is 2.72 bits per heavy atom. The molecule has 0 amide bonds. The van der Waals surface area contributed by atoms with Gasteiger partial charge >= 0.3 is 12.3 Å². The number of halogens is 3. The van der Waals surface area contributed by atoms with Crippen LogP contribution in [0.4, 0.5) is 8.78 Å². The zero-order valence-corrected chi connectivity index (χ0v) is 9.75. The van der Waals surface area contributed by atoms with Crippen LogP contribution in [0.3, 0.4) is 0 Å². The molecule has 5 nitrogen and oxygen atoms in total. The Morgan fingerprint density at radius 1 is 1.44 bits per heavy atom. The maximum Gasteiger partial charge on any atom is 0.586 e. The van der Waals surface area contributed by atoms with Gasteiger partial charge in [0.15, 0.2) is 11.5 Å². The van der Waals surface area contributed by atoms with Crippen LogP contribution in [0.1, 0.15) is 18.0 Å². The summed E-state index contributed by atoms with van der Waals surface area (Å²) in [4.78, 5) is 10.5. The lowest BCUT2D eigenvalue weighted by molar-refractivity contribution is -0.287. The zero-order chi connectivity index (χ0) is 12.6. The summed E-state index contributed by atoms with van der Waals surface area (Å²) in [6.07, 6.45) is -4.12. The number of carbonyl (C=O) groups is 1. The topological polar surface area (TPSA) is 81.8 Å². The Kier molecular flexibility index (Phi) is 3.98. The summed E-state index contributed by atoms with van der Waals surface area (Å²) in [5.74, 6) is -1.47. The van der Waals surface area contributed by atoms with Gasteiger partial charge in [-0.3, -0.25) is 4.79 Å². The number of para-hydroxylation sites is 1. The van der Waals surface area contributed by atoms with Crippen LogP contribution in [0, 0.1) is 0 Å². The van der Waals surface area contributed by atoms with Crippen LogP contribution in [-0.2, 0) is 4.79 Å². The number of hydrogen-bond acceptors (Lipinski definition) is 4. The number of rotatable bonds is 3. The van der Waals surface area contributed by atoms with Crippen molar-refractivity contribution in [2.45, 2.75) is 18.8 Å². The largest absolute Gasteiger partial charge is 0.586 e. The van der Waals surface area contributed by atoms with Crippen LogP contribution in [-0.4, -0.2) is 17.4 Å². The summed E-state index contributed by atoms with van der Waals surface area (Å²) in [6.45, 7) is 0. The fourth-order valence-electron chi connectivity index (χ4n) is 1.58. The van der Waals surface area contributed by atoms with Gasteiger partial charge in [-0.2, -0.15) is 0 Å². The molecule has 1 aromatic rings. The number of aliphatic carboxylic acids is 1. The van der Waals surface area contributed by atoms with Gasteiger partial charge in [0.1, 0.15) is 0 Å². The Morgan fingerprint density at radius 2 is 2.11 bits per heavy atom. The third-order valence-electron chi connectivity index (χ3n) is 2.25. The fraction of sp³-hybridized carbons (Fsp3) is 0.300. The van der Waals surface area contributed by atoms with Gasteiger partial charge in [0.2, 0.25) is 0 Å². The number of carboxylic acid groups (broad SMARTS) is 1. The minimum atomic E-state index is -3.73. The van der Waals surface area contributed by atoms with Crippen LogP contribution in [0.5, 0.6) is 11.5 Å². The van der Waals surface area contributed by atoms with Gasteiger partial charge < -0.3 is 20.3 Å². The maximum absolute atomic E-state index is 12.8. The minimum absolute atomic E-state index is 0. The molecule has 0 fully saturated rings. The quantitative estimate of drug-likeness (QED) is 0.884. The third-order valence-corrected chi connectivity index (χ3v) is 2.25. The Hall–Kier alpha value is -1.60. The molecule has 100 valence electrons. The molecule has 0 aromatic heterocycles. The van der Waals surface area contributed by atoms with Crippen LogP contribution in [0.15, 0.2) is 18.2 Å². The average molecular weight is 282 g/mol. The highest BCUT2D eigenvalue weighted by molar-refractivity contribution is 5.85. The molecule has 1 aliphatic rings. The predicted octanol–water partition coefficient (Wildman–Crippen LogP) is 1.90. The number of alkyl halides is 2. The lowest BCUT2D eigenvalue weighted by Crippen LogP contribution is -2.26. The van der Waals surface area contributed by atoms with Gasteiger partial charge in [-0.15, -0.1) is 21.2 Å². The van der Waals surface area contributed by atoms with Gasteiger partial charge in [0, 0.05) is 11.6 Å². The first-order valence-corrected chi connectivity index (χ1v) is 4.75. The molecule has 8 heteroatoms.